The average molecular weight is 405 g/mol. The smallest absolute Gasteiger partial charge is 0.254 e. The van der Waals surface area contributed by atoms with Crippen LogP contribution in [-0.4, -0.2) is 29.9 Å². The van der Waals surface area contributed by atoms with Crippen LogP contribution in [0.15, 0.2) is 12.3 Å². The number of nitrogens with two attached hydrogens (primary N) is 2. The number of ether oxygens (including phenoxy) is 1. The fraction of sp³-hybridized carbons (Fsp3) is 0.588. The van der Waals surface area contributed by atoms with Crippen LogP contribution in [0.4, 0.5) is 5.69 Å². The van der Waals surface area contributed by atoms with Crippen LogP contribution in [0.1, 0.15) is 42.5 Å². The first-order valence-corrected chi connectivity index (χ1v) is 8.40. The first-order chi connectivity index (χ1) is 11.5. The van der Waals surface area contributed by atoms with E-state index in [0.717, 1.165) is 25.7 Å². The van der Waals surface area contributed by atoms with Gasteiger partial charge in [-0.25, -0.2) is 4.98 Å². The number of amides is 2. The minimum atomic E-state index is -0.645. The van der Waals surface area contributed by atoms with Crippen molar-refractivity contribution in [2.75, 3.05) is 12.4 Å². The van der Waals surface area contributed by atoms with Gasteiger partial charge in [-0.15, -0.1) is 24.8 Å². The maximum absolute atomic E-state index is 12.6. The molecule has 0 radical (unpaired) electrons. The summed E-state index contributed by atoms with van der Waals surface area (Å²) in [5.74, 6) is 0.291. The topological polar surface area (TPSA) is 120 Å². The number of halogens is 2. The van der Waals surface area contributed by atoms with Gasteiger partial charge in [0.15, 0.2) is 0 Å². The van der Waals surface area contributed by atoms with Crippen LogP contribution >= 0.6 is 24.8 Å². The van der Waals surface area contributed by atoms with Gasteiger partial charge in [-0.05, 0) is 43.6 Å². The molecule has 2 unspecified atom stereocenters. The molecule has 1 aromatic rings. The summed E-state index contributed by atoms with van der Waals surface area (Å²) in [7, 11) is 1.41. The Labute approximate surface area is 165 Å². The van der Waals surface area contributed by atoms with Gasteiger partial charge in [0.05, 0.1) is 19.0 Å². The molecule has 0 saturated heterocycles. The van der Waals surface area contributed by atoms with Crippen molar-refractivity contribution in [1.82, 2.24) is 4.98 Å². The zero-order chi connectivity index (χ0) is 17.3. The molecule has 0 aromatic carbocycles. The Morgan fingerprint density at radius 3 is 2.38 bits per heavy atom. The standard InChI is InChI=1S/C17H24N4O3.2ClH/c1-24-17-13(15(19)22)7-12(8-20-17)21-16(23)11-5-9-3-2-4-10(6-11)14(9)18;;/h7-11,14H,2-6,18H2,1H3,(H2,19,22)(H,21,23);2*1H. The molecule has 0 spiro atoms. The molecule has 9 heteroatoms. The van der Waals surface area contributed by atoms with Crippen molar-refractivity contribution >= 4 is 42.3 Å². The normalized spacial score (nSPS) is 26.7. The molecular formula is C17H26Cl2N4O3. The number of rotatable bonds is 4. The monoisotopic (exact) mass is 404 g/mol. The van der Waals surface area contributed by atoms with E-state index in [2.05, 4.69) is 10.3 Å². The van der Waals surface area contributed by atoms with E-state index in [1.54, 1.807) is 0 Å². The summed E-state index contributed by atoms with van der Waals surface area (Å²) >= 11 is 0. The van der Waals surface area contributed by atoms with E-state index >= 15 is 0 Å². The van der Waals surface area contributed by atoms with Crippen LogP contribution in [0.25, 0.3) is 0 Å². The van der Waals surface area contributed by atoms with E-state index in [4.69, 9.17) is 16.2 Å². The molecule has 146 valence electrons. The predicted octanol–water partition coefficient (Wildman–Crippen LogP) is 2.12. The second-order valence-electron chi connectivity index (χ2n) is 6.83. The largest absolute Gasteiger partial charge is 0.480 e. The summed E-state index contributed by atoms with van der Waals surface area (Å²) in [6, 6.07) is 1.73. The molecule has 1 aromatic heterocycles. The third-order valence-electron chi connectivity index (χ3n) is 5.36. The second-order valence-corrected chi connectivity index (χ2v) is 6.83. The summed E-state index contributed by atoms with van der Waals surface area (Å²) in [6.07, 6.45) is 6.56. The minimum Gasteiger partial charge on any atom is -0.480 e. The molecular weight excluding hydrogens is 379 g/mol. The highest BCUT2D eigenvalue weighted by molar-refractivity contribution is 5.98. The van der Waals surface area contributed by atoms with Crippen molar-refractivity contribution in [1.29, 1.82) is 0 Å². The lowest BCUT2D eigenvalue weighted by atomic mass is 9.65. The van der Waals surface area contributed by atoms with Crippen molar-refractivity contribution in [3.8, 4) is 5.88 Å². The molecule has 2 amide bonds. The average Bonchev–Trinajstić information content (AvgIpc) is 2.54. The van der Waals surface area contributed by atoms with Crippen LogP contribution in [0.3, 0.4) is 0 Å². The molecule has 2 aliphatic rings. The second kappa shape index (κ2) is 9.39. The van der Waals surface area contributed by atoms with Crippen molar-refractivity contribution in [2.24, 2.45) is 29.2 Å². The molecule has 7 nitrogen and oxygen atoms in total. The molecule has 2 atom stereocenters. The van der Waals surface area contributed by atoms with Crippen LogP contribution in [0, 0.1) is 17.8 Å². The molecule has 1 heterocycles. The number of methoxy groups -OCH3 is 1. The number of carbonyl (C=O) groups excluding carboxylic acids is 2. The fourth-order valence-corrected chi connectivity index (χ4v) is 4.11. The lowest BCUT2D eigenvalue weighted by Crippen LogP contribution is -2.48. The van der Waals surface area contributed by atoms with Crippen LogP contribution < -0.4 is 21.5 Å². The molecule has 2 saturated carbocycles. The van der Waals surface area contributed by atoms with Crippen molar-refractivity contribution < 1.29 is 14.3 Å². The van der Waals surface area contributed by atoms with E-state index in [9.17, 15) is 9.59 Å². The van der Waals surface area contributed by atoms with Crippen LogP contribution in [0.2, 0.25) is 0 Å². The molecule has 2 fully saturated rings. The van der Waals surface area contributed by atoms with Gasteiger partial charge in [-0.3, -0.25) is 9.59 Å². The maximum atomic E-state index is 12.6. The van der Waals surface area contributed by atoms with Gasteiger partial charge in [0.25, 0.3) is 5.91 Å². The molecule has 0 aliphatic heterocycles. The Balaban J connectivity index is 0.00000169. The van der Waals surface area contributed by atoms with Crippen LogP contribution in [0.5, 0.6) is 5.88 Å². The Kier molecular flexibility index (Phi) is 8.12. The number of aromatic nitrogens is 1. The van der Waals surface area contributed by atoms with E-state index in [-0.39, 0.29) is 54.1 Å². The van der Waals surface area contributed by atoms with Gasteiger partial charge in [-0.2, -0.15) is 0 Å². The number of hydrogen-bond acceptors (Lipinski definition) is 5. The Hall–Kier alpha value is -1.57. The molecule has 26 heavy (non-hydrogen) atoms. The van der Waals surface area contributed by atoms with Gasteiger partial charge in [0.2, 0.25) is 11.8 Å². The highest BCUT2D eigenvalue weighted by Crippen LogP contribution is 2.42. The van der Waals surface area contributed by atoms with E-state index in [1.807, 2.05) is 0 Å². The molecule has 2 bridgehead atoms. The summed E-state index contributed by atoms with van der Waals surface area (Å²) in [5.41, 5.74) is 12.2. The Bertz CT molecular complexity index is 645. The SMILES string of the molecule is COc1ncc(NC(=O)C2CC3CCCC(C2)C3N)cc1C(N)=O.Cl.Cl. The number of anilines is 1. The van der Waals surface area contributed by atoms with E-state index < -0.39 is 5.91 Å². The highest BCUT2D eigenvalue weighted by Gasteiger charge is 2.40. The van der Waals surface area contributed by atoms with Crippen LogP contribution in [-0.2, 0) is 4.79 Å². The van der Waals surface area contributed by atoms with E-state index in [0.29, 0.717) is 17.5 Å². The number of nitrogens with one attached hydrogen (secondary N) is 1. The van der Waals surface area contributed by atoms with Crippen molar-refractivity contribution in [3.63, 3.8) is 0 Å². The number of nitrogens with zero attached hydrogens (tertiary/aromatic N) is 1. The predicted molar refractivity (Wildman–Crippen MR) is 104 cm³/mol. The molecule has 2 aliphatic carbocycles. The minimum absolute atomic E-state index is 0. The summed E-state index contributed by atoms with van der Waals surface area (Å²) in [6.45, 7) is 0. The number of carbonyl (C=O) groups is 2. The Morgan fingerprint density at radius 1 is 1.23 bits per heavy atom. The third-order valence-corrected chi connectivity index (χ3v) is 5.36. The van der Waals surface area contributed by atoms with E-state index in [1.165, 1.54) is 25.8 Å². The zero-order valence-electron chi connectivity index (χ0n) is 14.6. The first-order valence-electron chi connectivity index (χ1n) is 8.40. The molecule has 5 N–H and O–H groups in total. The van der Waals surface area contributed by atoms with Gasteiger partial charge >= 0.3 is 0 Å². The zero-order valence-corrected chi connectivity index (χ0v) is 16.3. The van der Waals surface area contributed by atoms with Crippen molar-refractivity contribution in [3.05, 3.63) is 17.8 Å². The molecule has 3 rings (SSSR count). The first kappa shape index (κ1) is 22.5. The summed E-state index contributed by atoms with van der Waals surface area (Å²) in [5, 5.41) is 2.86. The summed E-state index contributed by atoms with van der Waals surface area (Å²) in [4.78, 5) is 28.1. The number of hydrogen-bond donors (Lipinski definition) is 3. The van der Waals surface area contributed by atoms with Crippen molar-refractivity contribution in [2.45, 2.75) is 38.1 Å². The Morgan fingerprint density at radius 2 is 1.85 bits per heavy atom. The number of primary amides is 1. The quantitative estimate of drug-likeness (QED) is 0.709. The fourth-order valence-electron chi connectivity index (χ4n) is 4.11. The summed E-state index contributed by atoms with van der Waals surface area (Å²) < 4.78 is 5.01. The highest BCUT2D eigenvalue weighted by atomic mass is 35.5. The van der Waals surface area contributed by atoms with Gasteiger partial charge < -0.3 is 21.5 Å². The van der Waals surface area contributed by atoms with Gasteiger partial charge in [-0.1, -0.05) is 6.42 Å². The number of fused-ring (bicyclic) bond motifs is 2. The lowest BCUT2D eigenvalue weighted by Gasteiger charge is -2.43. The number of pyridine rings is 1. The van der Waals surface area contributed by atoms with Gasteiger partial charge in [0, 0.05) is 12.0 Å². The lowest BCUT2D eigenvalue weighted by molar-refractivity contribution is -0.122. The maximum Gasteiger partial charge on any atom is 0.254 e. The van der Waals surface area contributed by atoms with Gasteiger partial charge in [0.1, 0.15) is 5.56 Å². The third kappa shape index (κ3) is 4.58.